The van der Waals surface area contributed by atoms with Crippen LogP contribution in [0.4, 0.5) is 4.79 Å². The molecule has 1 aliphatic rings. The van der Waals surface area contributed by atoms with Gasteiger partial charge < -0.3 is 15.6 Å². The van der Waals surface area contributed by atoms with Gasteiger partial charge in [0.15, 0.2) is 5.78 Å². The molecule has 1 saturated heterocycles. The molecule has 1 aromatic carbocycles. The number of nitrogens with two attached hydrogens (primary N) is 1. The maximum atomic E-state index is 12.8. The summed E-state index contributed by atoms with van der Waals surface area (Å²) < 4.78 is 5.62. The normalized spacial score (nSPS) is 22.8. The Kier molecular flexibility index (Phi) is 4.52. The third kappa shape index (κ3) is 2.57. The number of Topliss-reactive ketones (excluding diaryl/α,β-unsaturated/α-hetero) is 1. The molecule has 2 atom stereocenters. The predicted molar refractivity (Wildman–Crippen MR) is 89.1 cm³/mol. The van der Waals surface area contributed by atoms with Crippen molar-refractivity contribution in [2.75, 3.05) is 6.67 Å². The number of pyridine rings is 1. The number of hydrogen-bond acceptors (Lipinski definition) is 6. The van der Waals surface area contributed by atoms with Crippen LogP contribution in [0.2, 0.25) is 0 Å². The Balaban J connectivity index is 2.29. The maximum absolute atomic E-state index is 12.8. The average Bonchev–Trinajstić information content (AvgIpc) is 2.95. The Morgan fingerprint density at radius 3 is 2.64 bits per heavy atom. The van der Waals surface area contributed by atoms with Crippen LogP contribution in [-0.4, -0.2) is 33.5 Å². The average molecular weight is 341 g/mol. The van der Waals surface area contributed by atoms with Crippen molar-refractivity contribution in [3.05, 3.63) is 65.5 Å². The van der Waals surface area contributed by atoms with Gasteiger partial charge in [-0.05, 0) is 24.6 Å². The highest BCUT2D eigenvalue weighted by Crippen LogP contribution is 2.48. The van der Waals surface area contributed by atoms with E-state index in [2.05, 4.69) is 4.98 Å². The van der Waals surface area contributed by atoms with Crippen LogP contribution in [0.5, 0.6) is 0 Å². The van der Waals surface area contributed by atoms with E-state index in [1.165, 1.54) is 11.8 Å². The van der Waals surface area contributed by atoms with Gasteiger partial charge in [-0.15, -0.1) is 0 Å². The van der Waals surface area contributed by atoms with Gasteiger partial charge in [-0.3, -0.25) is 14.7 Å². The summed E-state index contributed by atoms with van der Waals surface area (Å²) >= 11 is 0. The van der Waals surface area contributed by atoms with Crippen molar-refractivity contribution >= 4 is 11.9 Å². The minimum absolute atomic E-state index is 0.129. The van der Waals surface area contributed by atoms with E-state index in [-0.39, 0.29) is 19.1 Å². The van der Waals surface area contributed by atoms with Crippen LogP contribution in [0.25, 0.3) is 0 Å². The second kappa shape index (κ2) is 6.62. The van der Waals surface area contributed by atoms with Crippen LogP contribution >= 0.6 is 0 Å². The predicted octanol–water partition coefficient (Wildman–Crippen LogP) is 1.47. The smallest absolute Gasteiger partial charge is 0.412 e. The van der Waals surface area contributed by atoms with E-state index in [1.807, 2.05) is 0 Å². The zero-order valence-electron chi connectivity index (χ0n) is 13.8. The Morgan fingerprint density at radius 2 is 2.04 bits per heavy atom. The second-order valence-corrected chi connectivity index (χ2v) is 5.78. The summed E-state index contributed by atoms with van der Waals surface area (Å²) in [7, 11) is 0. The van der Waals surface area contributed by atoms with Crippen LogP contribution in [0.1, 0.15) is 29.8 Å². The van der Waals surface area contributed by atoms with Crippen LogP contribution in [0.3, 0.4) is 0 Å². The highest BCUT2D eigenvalue weighted by atomic mass is 16.6. The number of benzene rings is 1. The summed E-state index contributed by atoms with van der Waals surface area (Å²) in [6, 6.07) is 11.2. The molecular formula is C18H19N3O4. The number of hydrogen-bond donors (Lipinski definition) is 2. The van der Waals surface area contributed by atoms with Gasteiger partial charge in [-0.2, -0.15) is 0 Å². The van der Waals surface area contributed by atoms with E-state index in [9.17, 15) is 14.7 Å². The first kappa shape index (κ1) is 17.1. The van der Waals surface area contributed by atoms with Gasteiger partial charge in [0.1, 0.15) is 6.04 Å². The number of amides is 1. The molecule has 25 heavy (non-hydrogen) atoms. The second-order valence-electron chi connectivity index (χ2n) is 5.78. The van der Waals surface area contributed by atoms with Gasteiger partial charge in [0, 0.05) is 11.8 Å². The number of rotatable bonds is 5. The summed E-state index contributed by atoms with van der Waals surface area (Å²) in [4.78, 5) is 30.8. The first-order chi connectivity index (χ1) is 12.1. The van der Waals surface area contributed by atoms with Crippen LogP contribution in [-0.2, 0) is 21.7 Å². The Hall–Kier alpha value is -2.77. The molecule has 0 bridgehead atoms. The number of ether oxygens (including phenoxy) is 1. The number of aliphatic hydroxyl groups excluding tert-OH is 1. The number of cyclic esters (lactones) is 1. The molecule has 2 aromatic rings. The van der Waals surface area contributed by atoms with Crippen LogP contribution in [0.15, 0.2) is 48.7 Å². The van der Waals surface area contributed by atoms with Gasteiger partial charge >= 0.3 is 6.09 Å². The van der Waals surface area contributed by atoms with Crippen LogP contribution in [0, 0.1) is 0 Å². The fourth-order valence-corrected chi connectivity index (χ4v) is 3.34. The minimum atomic E-state index is -1.62. The maximum Gasteiger partial charge on any atom is 0.412 e. The molecule has 0 aliphatic carbocycles. The fourth-order valence-electron chi connectivity index (χ4n) is 3.34. The SMILES string of the molecule is CC(=O)C1(c2ccccc2CO)OC(=O)N(CN)C1c1ccccn1. The topological polar surface area (TPSA) is 106 Å². The Bertz CT molecular complexity index is 796. The van der Waals surface area contributed by atoms with Crippen molar-refractivity contribution in [1.29, 1.82) is 0 Å². The Morgan fingerprint density at radius 1 is 1.32 bits per heavy atom. The molecule has 1 aliphatic heterocycles. The molecule has 1 amide bonds. The van der Waals surface area contributed by atoms with Crippen LogP contribution < -0.4 is 5.73 Å². The summed E-state index contributed by atoms with van der Waals surface area (Å²) in [6.07, 6.45) is 0.886. The van der Waals surface area contributed by atoms with Crippen molar-refractivity contribution in [2.24, 2.45) is 5.73 Å². The van der Waals surface area contributed by atoms with Gasteiger partial charge in [0.05, 0.1) is 19.0 Å². The van der Waals surface area contributed by atoms with Gasteiger partial charge in [-0.1, -0.05) is 30.3 Å². The van der Waals surface area contributed by atoms with Crippen molar-refractivity contribution < 1.29 is 19.4 Å². The molecule has 7 nitrogen and oxygen atoms in total. The van der Waals surface area contributed by atoms with E-state index in [0.29, 0.717) is 16.8 Å². The fraction of sp³-hybridized carbons (Fsp3) is 0.278. The van der Waals surface area contributed by atoms with Crippen molar-refractivity contribution in [3.63, 3.8) is 0 Å². The molecule has 1 aromatic heterocycles. The number of nitrogens with zero attached hydrogens (tertiary/aromatic N) is 2. The lowest BCUT2D eigenvalue weighted by Gasteiger charge is -2.33. The first-order valence-corrected chi connectivity index (χ1v) is 7.87. The lowest BCUT2D eigenvalue weighted by molar-refractivity contribution is -0.135. The number of carbonyl (C=O) groups is 2. The number of aromatic nitrogens is 1. The lowest BCUT2D eigenvalue weighted by Crippen LogP contribution is -2.44. The highest BCUT2D eigenvalue weighted by Gasteiger charge is 2.60. The molecule has 130 valence electrons. The molecule has 1 fully saturated rings. The molecule has 0 spiro atoms. The molecule has 2 heterocycles. The van der Waals surface area contributed by atoms with Crippen molar-refractivity contribution in [3.8, 4) is 0 Å². The van der Waals surface area contributed by atoms with E-state index in [1.54, 1.807) is 48.7 Å². The Labute approximate surface area is 145 Å². The summed E-state index contributed by atoms with van der Waals surface area (Å²) in [5.74, 6) is -0.367. The van der Waals surface area contributed by atoms with Crippen molar-refractivity contribution in [1.82, 2.24) is 9.88 Å². The highest BCUT2D eigenvalue weighted by molar-refractivity contribution is 5.93. The van der Waals surface area contributed by atoms with Crippen molar-refractivity contribution in [2.45, 2.75) is 25.2 Å². The third-order valence-electron chi connectivity index (χ3n) is 4.46. The largest absolute Gasteiger partial charge is 0.427 e. The van der Waals surface area contributed by atoms with E-state index in [0.717, 1.165) is 0 Å². The molecule has 0 saturated carbocycles. The molecule has 2 unspecified atom stereocenters. The summed E-state index contributed by atoms with van der Waals surface area (Å²) in [5, 5.41) is 9.72. The molecule has 0 radical (unpaired) electrons. The first-order valence-electron chi connectivity index (χ1n) is 7.87. The zero-order chi connectivity index (χ0) is 18.0. The van der Waals surface area contributed by atoms with Gasteiger partial charge in [0.25, 0.3) is 0 Å². The zero-order valence-corrected chi connectivity index (χ0v) is 13.8. The summed E-state index contributed by atoms with van der Waals surface area (Å²) in [6.45, 7) is 0.939. The number of aliphatic hydroxyl groups is 1. The quantitative estimate of drug-likeness (QED) is 0.853. The molecule has 3 rings (SSSR count). The number of carbonyl (C=O) groups excluding carboxylic acids is 2. The van der Waals surface area contributed by atoms with Gasteiger partial charge in [0.2, 0.25) is 5.60 Å². The van der Waals surface area contributed by atoms with Gasteiger partial charge in [-0.25, -0.2) is 4.79 Å². The molecule has 7 heteroatoms. The minimum Gasteiger partial charge on any atom is -0.427 e. The third-order valence-corrected chi connectivity index (χ3v) is 4.46. The lowest BCUT2D eigenvalue weighted by atomic mass is 9.79. The molecular weight excluding hydrogens is 322 g/mol. The van der Waals surface area contributed by atoms with E-state index in [4.69, 9.17) is 10.5 Å². The van der Waals surface area contributed by atoms with E-state index < -0.39 is 17.7 Å². The van der Waals surface area contributed by atoms with E-state index >= 15 is 0 Å². The monoisotopic (exact) mass is 341 g/mol. The molecule has 3 N–H and O–H groups in total. The number of ketones is 1. The summed E-state index contributed by atoms with van der Waals surface area (Å²) in [5.41, 5.74) is 5.57. The standard InChI is InChI=1S/C18H19N3O4/c1-12(23)18(14-7-3-2-6-13(14)10-22)16(15-8-4-5-9-20-15)21(11-19)17(24)25-18/h2-9,16,22H,10-11,19H2,1H3.